The Bertz CT molecular complexity index is 378. The minimum atomic E-state index is -1.20. The SMILES string of the molecule is Nc1cc(F)c(C(=O)N=O)cc1N. The number of nitrogen functional groups attached to an aromatic ring is 2. The summed E-state index contributed by atoms with van der Waals surface area (Å²) in [6, 6.07) is 1.85. The fraction of sp³-hybridized carbons (Fsp3) is 0. The summed E-state index contributed by atoms with van der Waals surface area (Å²) in [6.07, 6.45) is 0. The van der Waals surface area contributed by atoms with Crippen LogP contribution in [-0.2, 0) is 0 Å². The van der Waals surface area contributed by atoms with Crippen LogP contribution >= 0.6 is 0 Å². The Morgan fingerprint density at radius 3 is 2.38 bits per heavy atom. The van der Waals surface area contributed by atoms with Gasteiger partial charge in [-0.1, -0.05) is 0 Å². The van der Waals surface area contributed by atoms with Crippen molar-refractivity contribution in [3.63, 3.8) is 0 Å². The summed E-state index contributed by atoms with van der Waals surface area (Å²) in [4.78, 5) is 20.5. The lowest BCUT2D eigenvalue weighted by Crippen LogP contribution is -2.03. The highest BCUT2D eigenvalue weighted by atomic mass is 19.1. The summed E-state index contributed by atoms with van der Waals surface area (Å²) in [5, 5.41) is 2.07. The predicted octanol–water partition coefficient (Wildman–Crippen LogP) is 0.897. The quantitative estimate of drug-likeness (QED) is 0.499. The van der Waals surface area contributed by atoms with Crippen LogP contribution in [0.5, 0.6) is 0 Å². The molecule has 0 bridgehead atoms. The van der Waals surface area contributed by atoms with Gasteiger partial charge in [0.15, 0.2) is 0 Å². The highest BCUT2D eigenvalue weighted by Crippen LogP contribution is 2.20. The van der Waals surface area contributed by atoms with Gasteiger partial charge in [-0.05, 0) is 12.1 Å². The Hall–Kier alpha value is -1.98. The van der Waals surface area contributed by atoms with Crippen molar-refractivity contribution in [2.24, 2.45) is 5.18 Å². The van der Waals surface area contributed by atoms with E-state index in [1.165, 1.54) is 0 Å². The maximum atomic E-state index is 12.9. The van der Waals surface area contributed by atoms with Gasteiger partial charge in [0.05, 0.1) is 16.9 Å². The Balaban J connectivity index is 3.31. The van der Waals surface area contributed by atoms with Crippen LogP contribution in [0.15, 0.2) is 17.3 Å². The summed E-state index contributed by atoms with van der Waals surface area (Å²) >= 11 is 0. The molecule has 4 N–H and O–H groups in total. The predicted molar refractivity (Wildman–Crippen MR) is 45.4 cm³/mol. The molecule has 68 valence electrons. The molecule has 13 heavy (non-hydrogen) atoms. The number of carbonyl (C=O) groups excluding carboxylic acids is 1. The van der Waals surface area contributed by atoms with E-state index in [-0.39, 0.29) is 11.4 Å². The van der Waals surface area contributed by atoms with Crippen LogP contribution in [0.3, 0.4) is 0 Å². The van der Waals surface area contributed by atoms with Gasteiger partial charge in [-0.2, -0.15) is 0 Å². The molecule has 0 aromatic heterocycles. The molecular formula is C7H6FN3O2. The number of anilines is 2. The summed E-state index contributed by atoms with van der Waals surface area (Å²) in [7, 11) is 0. The number of nitrogens with two attached hydrogens (primary N) is 2. The van der Waals surface area contributed by atoms with Crippen LogP contribution in [-0.4, -0.2) is 5.91 Å². The fourth-order valence-corrected chi connectivity index (χ4v) is 0.818. The Labute approximate surface area is 72.5 Å². The van der Waals surface area contributed by atoms with Crippen molar-refractivity contribution in [2.45, 2.75) is 0 Å². The molecule has 1 rings (SSSR count). The van der Waals surface area contributed by atoms with E-state index in [1.807, 2.05) is 0 Å². The lowest BCUT2D eigenvalue weighted by atomic mass is 10.1. The van der Waals surface area contributed by atoms with Crippen LogP contribution in [0, 0.1) is 10.7 Å². The third kappa shape index (κ3) is 1.61. The maximum absolute atomic E-state index is 12.9. The van der Waals surface area contributed by atoms with Crippen molar-refractivity contribution in [3.8, 4) is 0 Å². The van der Waals surface area contributed by atoms with E-state index < -0.39 is 17.3 Å². The van der Waals surface area contributed by atoms with E-state index >= 15 is 0 Å². The second-order valence-corrected chi connectivity index (χ2v) is 2.36. The van der Waals surface area contributed by atoms with Gasteiger partial charge in [0.1, 0.15) is 5.82 Å². The summed E-state index contributed by atoms with van der Waals surface area (Å²) in [5.41, 5.74) is 10.1. The monoisotopic (exact) mass is 183 g/mol. The van der Waals surface area contributed by atoms with Crippen LogP contribution in [0.2, 0.25) is 0 Å². The first kappa shape index (κ1) is 9.11. The number of nitrogens with zero attached hydrogens (tertiary/aromatic N) is 1. The third-order valence-corrected chi connectivity index (χ3v) is 1.49. The van der Waals surface area contributed by atoms with Gasteiger partial charge in [0.25, 0.3) is 0 Å². The zero-order chi connectivity index (χ0) is 10.0. The Morgan fingerprint density at radius 1 is 1.31 bits per heavy atom. The van der Waals surface area contributed by atoms with E-state index in [2.05, 4.69) is 5.18 Å². The number of halogens is 1. The maximum Gasteiger partial charge on any atom is 0.319 e. The fourth-order valence-electron chi connectivity index (χ4n) is 0.818. The summed E-state index contributed by atoms with van der Waals surface area (Å²) in [6.45, 7) is 0. The summed E-state index contributed by atoms with van der Waals surface area (Å²) in [5.74, 6) is -2.11. The molecule has 1 aromatic carbocycles. The van der Waals surface area contributed by atoms with E-state index in [4.69, 9.17) is 11.5 Å². The van der Waals surface area contributed by atoms with Crippen molar-refractivity contribution in [1.82, 2.24) is 0 Å². The van der Waals surface area contributed by atoms with Gasteiger partial charge in [0, 0.05) is 5.18 Å². The van der Waals surface area contributed by atoms with E-state index in [0.29, 0.717) is 0 Å². The minimum Gasteiger partial charge on any atom is -0.397 e. The van der Waals surface area contributed by atoms with Crippen LogP contribution in [0.25, 0.3) is 0 Å². The van der Waals surface area contributed by atoms with Gasteiger partial charge in [-0.15, -0.1) is 4.91 Å². The molecule has 1 amide bonds. The second kappa shape index (κ2) is 3.18. The first-order chi connectivity index (χ1) is 6.06. The zero-order valence-corrected chi connectivity index (χ0v) is 6.45. The summed E-state index contributed by atoms with van der Waals surface area (Å²) < 4.78 is 12.9. The normalized spacial score (nSPS) is 9.62. The van der Waals surface area contributed by atoms with Gasteiger partial charge in [-0.25, -0.2) is 4.39 Å². The number of carbonyl (C=O) groups is 1. The van der Waals surface area contributed by atoms with Crippen molar-refractivity contribution in [1.29, 1.82) is 0 Å². The molecule has 0 radical (unpaired) electrons. The van der Waals surface area contributed by atoms with Crippen molar-refractivity contribution in [2.75, 3.05) is 11.5 Å². The van der Waals surface area contributed by atoms with Crippen molar-refractivity contribution >= 4 is 17.3 Å². The average molecular weight is 183 g/mol. The Kier molecular flexibility index (Phi) is 2.23. The van der Waals surface area contributed by atoms with Gasteiger partial charge in [0.2, 0.25) is 0 Å². The molecule has 0 aliphatic rings. The molecular weight excluding hydrogens is 177 g/mol. The van der Waals surface area contributed by atoms with Crippen molar-refractivity contribution < 1.29 is 9.18 Å². The molecule has 0 atom stereocenters. The number of hydrogen-bond acceptors (Lipinski definition) is 4. The van der Waals surface area contributed by atoms with Gasteiger partial charge >= 0.3 is 5.91 Å². The number of amides is 1. The van der Waals surface area contributed by atoms with Crippen LogP contribution < -0.4 is 11.5 Å². The zero-order valence-electron chi connectivity index (χ0n) is 6.45. The lowest BCUT2D eigenvalue weighted by Gasteiger charge is -2.02. The standard InChI is InChI=1S/C7H6FN3O2/c8-4-2-6(10)5(9)1-3(4)7(12)11-13/h1-2H,9-10H2. The largest absolute Gasteiger partial charge is 0.397 e. The second-order valence-electron chi connectivity index (χ2n) is 2.36. The molecule has 1 aromatic rings. The number of benzene rings is 1. The van der Waals surface area contributed by atoms with Gasteiger partial charge < -0.3 is 11.5 Å². The van der Waals surface area contributed by atoms with Crippen molar-refractivity contribution in [3.05, 3.63) is 28.4 Å². The number of nitroso groups, excluding NO2 is 1. The third-order valence-electron chi connectivity index (χ3n) is 1.49. The first-order valence-electron chi connectivity index (χ1n) is 3.28. The highest BCUT2D eigenvalue weighted by molar-refractivity contribution is 5.96. The van der Waals surface area contributed by atoms with Crippen LogP contribution in [0.1, 0.15) is 10.4 Å². The minimum absolute atomic E-state index is 0.0138. The van der Waals surface area contributed by atoms with E-state index in [1.54, 1.807) is 0 Å². The molecule has 0 heterocycles. The molecule has 0 fully saturated rings. The first-order valence-corrected chi connectivity index (χ1v) is 3.28. The topological polar surface area (TPSA) is 98.5 Å². The average Bonchev–Trinajstić information content (AvgIpc) is 2.10. The molecule has 6 heteroatoms. The molecule has 0 saturated heterocycles. The molecule has 0 saturated carbocycles. The molecule has 0 aliphatic heterocycles. The molecule has 0 aliphatic carbocycles. The smallest absolute Gasteiger partial charge is 0.319 e. The van der Waals surface area contributed by atoms with Gasteiger partial charge in [-0.3, -0.25) is 4.79 Å². The molecule has 5 nitrogen and oxygen atoms in total. The molecule has 0 spiro atoms. The van der Waals surface area contributed by atoms with E-state index in [9.17, 15) is 14.1 Å². The highest BCUT2D eigenvalue weighted by Gasteiger charge is 2.13. The number of rotatable bonds is 1. The van der Waals surface area contributed by atoms with Crippen LogP contribution in [0.4, 0.5) is 15.8 Å². The number of hydrogen-bond donors (Lipinski definition) is 2. The Morgan fingerprint density at radius 2 is 1.85 bits per heavy atom. The lowest BCUT2D eigenvalue weighted by molar-refractivity contribution is 0.0997. The van der Waals surface area contributed by atoms with E-state index in [0.717, 1.165) is 12.1 Å². The molecule has 0 unspecified atom stereocenters.